The molecule has 0 saturated carbocycles. The highest BCUT2D eigenvalue weighted by Gasteiger charge is 2.25. The third-order valence-corrected chi connectivity index (χ3v) is 4.62. The molecular weight excluding hydrogens is 377 g/mol. The van der Waals surface area contributed by atoms with Crippen LogP contribution >= 0.6 is 15.9 Å². The first-order chi connectivity index (χ1) is 11.4. The molecule has 6 nitrogen and oxygen atoms in total. The predicted molar refractivity (Wildman–Crippen MR) is 92.5 cm³/mol. The number of amides is 1. The maximum atomic E-state index is 14.1. The number of halogens is 2. The van der Waals surface area contributed by atoms with Gasteiger partial charge >= 0.3 is 0 Å². The van der Waals surface area contributed by atoms with Crippen LogP contribution < -0.4 is 10.2 Å². The monoisotopic (exact) mass is 395 g/mol. The summed E-state index contributed by atoms with van der Waals surface area (Å²) >= 11 is 3.21. The van der Waals surface area contributed by atoms with E-state index in [0.717, 1.165) is 25.1 Å². The van der Waals surface area contributed by atoms with Gasteiger partial charge in [-0.2, -0.15) is 5.10 Å². The van der Waals surface area contributed by atoms with E-state index in [4.69, 9.17) is 0 Å². The lowest BCUT2D eigenvalue weighted by Crippen LogP contribution is -2.48. The fourth-order valence-electron chi connectivity index (χ4n) is 2.86. The van der Waals surface area contributed by atoms with E-state index in [1.165, 1.54) is 6.07 Å². The van der Waals surface area contributed by atoms with Crippen LogP contribution in [0, 0.1) is 12.7 Å². The minimum atomic E-state index is -0.364. The van der Waals surface area contributed by atoms with Gasteiger partial charge in [-0.3, -0.25) is 9.48 Å². The average molecular weight is 396 g/mol. The molecule has 0 spiro atoms. The van der Waals surface area contributed by atoms with Gasteiger partial charge in [0.25, 0.3) is 5.91 Å². The molecule has 0 radical (unpaired) electrons. The Labute approximate surface area is 148 Å². The lowest BCUT2D eigenvalue weighted by atomic mass is 10.1. The average Bonchev–Trinajstić information content (AvgIpc) is 2.87. The summed E-state index contributed by atoms with van der Waals surface area (Å²) in [6, 6.07) is 3.10. The zero-order valence-electron chi connectivity index (χ0n) is 13.6. The van der Waals surface area contributed by atoms with Gasteiger partial charge in [0.2, 0.25) is 0 Å². The number of nitrogens with one attached hydrogen (secondary N) is 1. The summed E-state index contributed by atoms with van der Waals surface area (Å²) in [6.07, 6.45) is 3.30. The number of carbonyl (C=O) groups is 1. The molecular formula is C16H19BrFN5O. The highest BCUT2D eigenvalue weighted by Crippen LogP contribution is 2.23. The molecule has 0 bridgehead atoms. The number of pyridine rings is 1. The molecule has 0 aromatic carbocycles. The largest absolute Gasteiger partial charge is 0.352 e. The van der Waals surface area contributed by atoms with Crippen LogP contribution in [-0.2, 0) is 7.05 Å². The van der Waals surface area contributed by atoms with Gasteiger partial charge in [-0.25, -0.2) is 9.37 Å². The van der Waals surface area contributed by atoms with Crippen LogP contribution in [0.1, 0.15) is 29.0 Å². The molecule has 1 fully saturated rings. The first kappa shape index (κ1) is 16.9. The van der Waals surface area contributed by atoms with Crippen LogP contribution in [-0.4, -0.2) is 39.8 Å². The standard InChI is InChI=1S/C16H19BrFN5O/c1-10-6-14(21-22(10)2)16(24)20-12-4-3-5-23(9-12)15-13(18)7-11(17)8-19-15/h6-8,12H,3-5,9H2,1-2H3,(H,20,24). The van der Waals surface area contributed by atoms with E-state index in [-0.39, 0.29) is 17.8 Å². The van der Waals surface area contributed by atoms with E-state index in [1.54, 1.807) is 24.0 Å². The van der Waals surface area contributed by atoms with Crippen molar-refractivity contribution in [2.45, 2.75) is 25.8 Å². The molecule has 1 N–H and O–H groups in total. The summed E-state index contributed by atoms with van der Waals surface area (Å²) in [5.41, 5.74) is 1.33. The number of carbonyl (C=O) groups excluding carboxylic acids is 1. The number of nitrogens with zero attached hydrogens (tertiary/aromatic N) is 4. The molecule has 2 aromatic heterocycles. The molecule has 1 aliphatic heterocycles. The molecule has 3 heterocycles. The second-order valence-corrected chi connectivity index (χ2v) is 6.93. The zero-order chi connectivity index (χ0) is 17.3. The number of hydrogen-bond donors (Lipinski definition) is 1. The van der Waals surface area contributed by atoms with Crippen molar-refractivity contribution in [1.82, 2.24) is 20.1 Å². The summed E-state index contributed by atoms with van der Waals surface area (Å²) in [4.78, 5) is 18.4. The summed E-state index contributed by atoms with van der Waals surface area (Å²) in [5.74, 6) is -0.239. The first-order valence-corrected chi connectivity index (χ1v) is 8.61. The highest BCUT2D eigenvalue weighted by atomic mass is 79.9. The normalized spacial score (nSPS) is 17.8. The van der Waals surface area contributed by atoms with Crippen molar-refractivity contribution in [3.63, 3.8) is 0 Å². The van der Waals surface area contributed by atoms with Crippen LogP contribution in [0.25, 0.3) is 0 Å². The summed E-state index contributed by atoms with van der Waals surface area (Å²) in [5, 5.41) is 7.18. The van der Waals surface area contributed by atoms with Crippen LogP contribution in [0.3, 0.4) is 0 Å². The van der Waals surface area contributed by atoms with E-state index in [1.807, 2.05) is 11.8 Å². The molecule has 1 amide bonds. The number of rotatable bonds is 3. The zero-order valence-corrected chi connectivity index (χ0v) is 15.2. The van der Waals surface area contributed by atoms with E-state index in [9.17, 15) is 9.18 Å². The van der Waals surface area contributed by atoms with Crippen LogP contribution in [0.4, 0.5) is 10.2 Å². The van der Waals surface area contributed by atoms with E-state index >= 15 is 0 Å². The van der Waals surface area contributed by atoms with Crippen molar-refractivity contribution in [2.24, 2.45) is 7.05 Å². The fourth-order valence-corrected chi connectivity index (χ4v) is 3.16. The van der Waals surface area contributed by atoms with E-state index in [0.29, 0.717) is 22.5 Å². The maximum absolute atomic E-state index is 14.1. The number of hydrogen-bond acceptors (Lipinski definition) is 4. The Morgan fingerprint density at radius 1 is 1.46 bits per heavy atom. The van der Waals surface area contributed by atoms with Gasteiger partial charge in [0.1, 0.15) is 5.69 Å². The van der Waals surface area contributed by atoms with Crippen molar-refractivity contribution in [2.75, 3.05) is 18.0 Å². The van der Waals surface area contributed by atoms with Crippen LogP contribution in [0.5, 0.6) is 0 Å². The Morgan fingerprint density at radius 2 is 2.25 bits per heavy atom. The van der Waals surface area contributed by atoms with Crippen molar-refractivity contribution < 1.29 is 9.18 Å². The number of aryl methyl sites for hydroxylation is 2. The molecule has 2 aromatic rings. The Bertz CT molecular complexity index is 743. The van der Waals surface area contributed by atoms with Crippen LogP contribution in [0.15, 0.2) is 22.8 Å². The van der Waals surface area contributed by atoms with Gasteiger partial charge in [-0.1, -0.05) is 0 Å². The quantitative estimate of drug-likeness (QED) is 0.866. The highest BCUT2D eigenvalue weighted by molar-refractivity contribution is 9.10. The van der Waals surface area contributed by atoms with Gasteiger partial charge in [-0.05, 0) is 47.8 Å². The first-order valence-electron chi connectivity index (χ1n) is 7.81. The topological polar surface area (TPSA) is 63.1 Å². The fraction of sp³-hybridized carbons (Fsp3) is 0.438. The minimum absolute atomic E-state index is 0.0570. The van der Waals surface area contributed by atoms with Crippen molar-refractivity contribution in [3.05, 3.63) is 40.0 Å². The van der Waals surface area contributed by atoms with Crippen molar-refractivity contribution >= 4 is 27.7 Å². The lowest BCUT2D eigenvalue weighted by molar-refractivity contribution is 0.0927. The third-order valence-electron chi connectivity index (χ3n) is 4.19. The van der Waals surface area contributed by atoms with E-state index < -0.39 is 0 Å². The summed E-state index contributed by atoms with van der Waals surface area (Å²) in [7, 11) is 1.80. The van der Waals surface area contributed by atoms with Crippen molar-refractivity contribution in [3.8, 4) is 0 Å². The predicted octanol–water partition coefficient (Wildman–Crippen LogP) is 2.42. The Kier molecular flexibility index (Phi) is 4.84. The van der Waals surface area contributed by atoms with E-state index in [2.05, 4.69) is 31.3 Å². The van der Waals surface area contributed by atoms with Gasteiger partial charge in [0.15, 0.2) is 11.6 Å². The summed E-state index contributed by atoms with van der Waals surface area (Å²) < 4.78 is 16.4. The van der Waals surface area contributed by atoms with Gasteiger partial charge < -0.3 is 10.2 Å². The third kappa shape index (κ3) is 3.58. The SMILES string of the molecule is Cc1cc(C(=O)NC2CCCN(c3ncc(Br)cc3F)C2)nn1C. The molecule has 3 rings (SSSR count). The molecule has 1 aliphatic rings. The number of anilines is 1. The summed E-state index contributed by atoms with van der Waals surface area (Å²) in [6.45, 7) is 3.15. The molecule has 8 heteroatoms. The van der Waals surface area contributed by atoms with Gasteiger partial charge in [0, 0.05) is 42.5 Å². The molecule has 128 valence electrons. The Morgan fingerprint density at radius 3 is 2.92 bits per heavy atom. The Balaban J connectivity index is 1.68. The molecule has 0 aliphatic carbocycles. The van der Waals surface area contributed by atoms with Crippen LogP contribution in [0.2, 0.25) is 0 Å². The minimum Gasteiger partial charge on any atom is -0.352 e. The smallest absolute Gasteiger partial charge is 0.272 e. The second-order valence-electron chi connectivity index (χ2n) is 6.01. The van der Waals surface area contributed by atoms with Gasteiger partial charge in [0.05, 0.1) is 0 Å². The second kappa shape index (κ2) is 6.88. The lowest BCUT2D eigenvalue weighted by Gasteiger charge is -2.34. The molecule has 1 saturated heterocycles. The molecule has 1 unspecified atom stereocenters. The number of piperidine rings is 1. The van der Waals surface area contributed by atoms with Crippen molar-refractivity contribution in [1.29, 1.82) is 0 Å². The maximum Gasteiger partial charge on any atom is 0.272 e. The molecule has 24 heavy (non-hydrogen) atoms. The molecule has 1 atom stereocenters. The number of aromatic nitrogens is 3. The van der Waals surface area contributed by atoms with Gasteiger partial charge in [-0.15, -0.1) is 0 Å². The Hall–Kier alpha value is -1.96.